The number of anilines is 1. The van der Waals surface area contributed by atoms with Crippen molar-refractivity contribution in [3.05, 3.63) is 70.5 Å². The zero-order valence-electron chi connectivity index (χ0n) is 16.6. The number of benzene rings is 1. The molecule has 0 aliphatic rings. The van der Waals surface area contributed by atoms with Crippen LogP contribution in [0.3, 0.4) is 0 Å². The average molecular weight is 414 g/mol. The molecule has 3 N–H and O–H groups in total. The highest BCUT2D eigenvalue weighted by molar-refractivity contribution is 5.77. The van der Waals surface area contributed by atoms with E-state index < -0.39 is 23.3 Å². The summed E-state index contributed by atoms with van der Waals surface area (Å²) in [6.45, 7) is 1.46. The Morgan fingerprint density at radius 2 is 2.03 bits per heavy atom. The van der Waals surface area contributed by atoms with E-state index in [0.29, 0.717) is 34.5 Å². The molecule has 0 bridgehead atoms. The van der Waals surface area contributed by atoms with Crippen LogP contribution >= 0.6 is 0 Å². The zero-order chi connectivity index (χ0) is 21.6. The minimum absolute atomic E-state index is 0.00764. The topological polar surface area (TPSA) is 99.3 Å². The number of halogens is 2. The summed E-state index contributed by atoms with van der Waals surface area (Å²) < 4.78 is 41.4. The van der Waals surface area contributed by atoms with Gasteiger partial charge in [0.1, 0.15) is 17.7 Å². The van der Waals surface area contributed by atoms with Gasteiger partial charge in [0.15, 0.2) is 17.1 Å². The number of pyridine rings is 1. The molecule has 1 unspecified atom stereocenters. The monoisotopic (exact) mass is 414 g/mol. The number of hydrogen-bond acceptors (Lipinski definition) is 6. The molecule has 0 fully saturated rings. The minimum Gasteiger partial charge on any atom is -0.494 e. The van der Waals surface area contributed by atoms with E-state index in [1.54, 1.807) is 24.0 Å². The molecule has 1 atom stereocenters. The summed E-state index contributed by atoms with van der Waals surface area (Å²) in [6.07, 6.45) is 1.95. The second-order valence-corrected chi connectivity index (χ2v) is 7.08. The number of fused-ring (bicyclic) bond motifs is 1. The van der Waals surface area contributed by atoms with Crippen molar-refractivity contribution in [2.24, 2.45) is 7.05 Å². The number of nitrogen functional groups attached to an aromatic ring is 1. The zero-order valence-corrected chi connectivity index (χ0v) is 16.6. The van der Waals surface area contributed by atoms with Gasteiger partial charge in [-0.2, -0.15) is 5.10 Å². The van der Waals surface area contributed by atoms with Crippen LogP contribution in [0.15, 0.2) is 35.0 Å². The molecule has 0 radical (unpaired) electrons. The van der Waals surface area contributed by atoms with E-state index in [9.17, 15) is 13.9 Å². The Hall–Kier alpha value is -3.46. The Labute approximate surface area is 170 Å². The van der Waals surface area contributed by atoms with E-state index in [1.807, 2.05) is 0 Å². The quantitative estimate of drug-likeness (QED) is 0.519. The van der Waals surface area contributed by atoms with Crippen molar-refractivity contribution >= 4 is 16.7 Å². The third-order valence-corrected chi connectivity index (χ3v) is 4.91. The smallest absolute Gasteiger partial charge is 0.174 e. The lowest BCUT2D eigenvalue weighted by Gasteiger charge is -2.14. The van der Waals surface area contributed by atoms with E-state index in [-0.39, 0.29) is 17.1 Å². The lowest BCUT2D eigenvalue weighted by Crippen LogP contribution is -2.08. The highest BCUT2D eigenvalue weighted by atomic mass is 19.1. The molecule has 30 heavy (non-hydrogen) atoms. The molecule has 0 saturated carbocycles. The fourth-order valence-electron chi connectivity index (χ4n) is 3.40. The van der Waals surface area contributed by atoms with E-state index in [1.165, 1.54) is 32.4 Å². The Morgan fingerprint density at radius 1 is 1.27 bits per heavy atom. The first-order valence-electron chi connectivity index (χ1n) is 9.15. The standard InChI is InChI=1S/C21H20F2N4O3/c1-10-4-15(29-3)20(23)18(19(10)22)21(28)16-6-11-5-12(25-8-17(11)30-16)7-14-13(24)9-27(2)26-14/h4-6,8-9,21,28H,7,24H2,1-3H3. The molecule has 7 nitrogen and oxygen atoms in total. The van der Waals surface area contributed by atoms with Crippen molar-refractivity contribution in [3.63, 3.8) is 0 Å². The van der Waals surface area contributed by atoms with Crippen LogP contribution in [-0.2, 0) is 13.5 Å². The lowest BCUT2D eigenvalue weighted by atomic mass is 10.0. The number of rotatable bonds is 5. The number of ether oxygens (including phenoxy) is 1. The maximum absolute atomic E-state index is 14.7. The first-order valence-corrected chi connectivity index (χ1v) is 9.15. The highest BCUT2D eigenvalue weighted by Gasteiger charge is 2.27. The minimum atomic E-state index is -1.65. The van der Waals surface area contributed by atoms with Crippen molar-refractivity contribution < 1.29 is 23.0 Å². The Balaban J connectivity index is 1.71. The molecule has 0 aliphatic carbocycles. The fourth-order valence-corrected chi connectivity index (χ4v) is 3.40. The number of aryl methyl sites for hydroxylation is 2. The molecule has 156 valence electrons. The van der Waals surface area contributed by atoms with Crippen molar-refractivity contribution in [2.45, 2.75) is 19.4 Å². The summed E-state index contributed by atoms with van der Waals surface area (Å²) in [5.41, 5.74) is 7.85. The van der Waals surface area contributed by atoms with Gasteiger partial charge in [-0.1, -0.05) is 0 Å². The van der Waals surface area contributed by atoms with Crippen LogP contribution in [0.2, 0.25) is 0 Å². The summed E-state index contributed by atoms with van der Waals surface area (Å²) in [7, 11) is 3.05. The van der Waals surface area contributed by atoms with E-state index in [2.05, 4.69) is 10.1 Å². The Kier molecular flexibility index (Phi) is 4.90. The number of methoxy groups -OCH3 is 1. The van der Waals surface area contributed by atoms with Crippen LogP contribution < -0.4 is 10.5 Å². The fraction of sp³-hybridized carbons (Fsp3) is 0.238. The summed E-state index contributed by atoms with van der Waals surface area (Å²) in [4.78, 5) is 4.33. The highest BCUT2D eigenvalue weighted by Crippen LogP contribution is 2.35. The van der Waals surface area contributed by atoms with Gasteiger partial charge >= 0.3 is 0 Å². The number of aliphatic hydroxyl groups is 1. The number of furan rings is 1. The van der Waals surface area contributed by atoms with Crippen molar-refractivity contribution in [2.75, 3.05) is 12.8 Å². The van der Waals surface area contributed by atoms with Gasteiger partial charge in [0.05, 0.1) is 30.3 Å². The van der Waals surface area contributed by atoms with Crippen LogP contribution in [0.5, 0.6) is 5.75 Å². The van der Waals surface area contributed by atoms with Crippen molar-refractivity contribution in [3.8, 4) is 5.75 Å². The van der Waals surface area contributed by atoms with Gasteiger partial charge in [-0.05, 0) is 30.7 Å². The molecular weight excluding hydrogens is 394 g/mol. The van der Waals surface area contributed by atoms with Crippen LogP contribution in [0, 0.1) is 18.6 Å². The van der Waals surface area contributed by atoms with Gasteiger partial charge in [0.2, 0.25) is 0 Å². The molecule has 4 rings (SSSR count). The molecular formula is C21H20F2N4O3. The Bertz CT molecular complexity index is 1250. The normalized spacial score (nSPS) is 12.5. The van der Waals surface area contributed by atoms with Gasteiger partial charge in [-0.3, -0.25) is 9.67 Å². The van der Waals surface area contributed by atoms with Gasteiger partial charge in [0, 0.05) is 30.7 Å². The van der Waals surface area contributed by atoms with Gasteiger partial charge < -0.3 is 20.0 Å². The molecule has 9 heteroatoms. The number of aromatic nitrogens is 3. The van der Waals surface area contributed by atoms with E-state index in [0.717, 1.165) is 0 Å². The molecule has 3 heterocycles. The third-order valence-electron chi connectivity index (χ3n) is 4.91. The molecule has 3 aromatic heterocycles. The van der Waals surface area contributed by atoms with Crippen LogP contribution in [0.1, 0.15) is 34.4 Å². The second kappa shape index (κ2) is 7.42. The lowest BCUT2D eigenvalue weighted by molar-refractivity contribution is 0.180. The third kappa shape index (κ3) is 3.37. The van der Waals surface area contributed by atoms with Gasteiger partial charge in [0.25, 0.3) is 0 Å². The molecule has 1 aromatic carbocycles. The molecule has 0 saturated heterocycles. The summed E-state index contributed by atoms with van der Waals surface area (Å²) in [5.74, 6) is -1.99. The van der Waals surface area contributed by atoms with Gasteiger partial charge in [-0.25, -0.2) is 8.78 Å². The predicted molar refractivity (Wildman–Crippen MR) is 106 cm³/mol. The van der Waals surface area contributed by atoms with Crippen LogP contribution in [-0.4, -0.2) is 27.0 Å². The van der Waals surface area contributed by atoms with E-state index >= 15 is 0 Å². The second-order valence-electron chi connectivity index (χ2n) is 7.08. The first kappa shape index (κ1) is 19.8. The SMILES string of the molecule is COc1cc(C)c(F)c(C(O)c2cc3cc(Cc4nn(C)cc4N)ncc3o2)c1F. The molecule has 0 spiro atoms. The predicted octanol–water partition coefficient (Wildman–Crippen LogP) is 3.41. The molecule has 4 aromatic rings. The van der Waals surface area contributed by atoms with Crippen molar-refractivity contribution in [1.82, 2.24) is 14.8 Å². The van der Waals surface area contributed by atoms with Crippen LogP contribution in [0.25, 0.3) is 11.0 Å². The number of hydrogen-bond donors (Lipinski definition) is 2. The molecule has 0 aliphatic heterocycles. The maximum Gasteiger partial charge on any atom is 0.174 e. The van der Waals surface area contributed by atoms with Crippen LogP contribution in [0.4, 0.5) is 14.5 Å². The number of nitrogens with two attached hydrogens (primary N) is 1. The average Bonchev–Trinajstić information content (AvgIpc) is 3.27. The van der Waals surface area contributed by atoms with Gasteiger partial charge in [-0.15, -0.1) is 0 Å². The maximum atomic E-state index is 14.7. The van der Waals surface area contributed by atoms with Crippen molar-refractivity contribution in [1.29, 1.82) is 0 Å². The first-order chi connectivity index (χ1) is 14.3. The number of aliphatic hydroxyl groups excluding tert-OH is 1. The molecule has 0 amide bonds. The number of nitrogens with zero attached hydrogens (tertiary/aromatic N) is 3. The summed E-state index contributed by atoms with van der Waals surface area (Å²) in [6, 6.07) is 4.52. The Morgan fingerprint density at radius 3 is 2.70 bits per heavy atom. The summed E-state index contributed by atoms with van der Waals surface area (Å²) >= 11 is 0. The largest absolute Gasteiger partial charge is 0.494 e. The van der Waals surface area contributed by atoms with E-state index in [4.69, 9.17) is 14.9 Å². The summed E-state index contributed by atoms with van der Waals surface area (Å²) in [5, 5.41) is 15.6.